The lowest BCUT2D eigenvalue weighted by Gasteiger charge is -2.33. The normalized spacial score (nSPS) is 16.6. The minimum atomic E-state index is -0.434. The Labute approximate surface area is 140 Å². The van der Waals surface area contributed by atoms with Crippen molar-refractivity contribution in [1.82, 2.24) is 4.90 Å². The maximum atomic E-state index is 12.0. The van der Waals surface area contributed by atoms with Crippen molar-refractivity contribution in [1.29, 1.82) is 0 Å². The summed E-state index contributed by atoms with van der Waals surface area (Å²) in [5.74, 6) is 0. The van der Waals surface area contributed by atoms with Crippen LogP contribution in [0.5, 0.6) is 0 Å². The molecular formula is C17H34N2O4. The van der Waals surface area contributed by atoms with Crippen molar-refractivity contribution in [2.75, 3.05) is 39.5 Å². The summed E-state index contributed by atoms with van der Waals surface area (Å²) in [6, 6.07) is 0. The maximum Gasteiger partial charge on any atom is 0.410 e. The zero-order chi connectivity index (χ0) is 17.1. The van der Waals surface area contributed by atoms with E-state index >= 15 is 0 Å². The van der Waals surface area contributed by atoms with Gasteiger partial charge in [0.2, 0.25) is 0 Å². The number of ether oxygens (including phenoxy) is 3. The van der Waals surface area contributed by atoms with E-state index in [0.29, 0.717) is 19.6 Å². The van der Waals surface area contributed by atoms with Crippen molar-refractivity contribution in [3.8, 4) is 0 Å². The fourth-order valence-corrected chi connectivity index (χ4v) is 2.38. The molecule has 1 aliphatic heterocycles. The lowest BCUT2D eigenvalue weighted by atomic mass is 10.1. The molecule has 1 amide bonds. The van der Waals surface area contributed by atoms with E-state index in [1.54, 1.807) is 4.90 Å². The largest absolute Gasteiger partial charge is 0.444 e. The van der Waals surface area contributed by atoms with Gasteiger partial charge < -0.3 is 24.8 Å². The highest BCUT2D eigenvalue weighted by Gasteiger charge is 2.26. The van der Waals surface area contributed by atoms with E-state index in [0.717, 1.165) is 51.9 Å². The molecule has 23 heavy (non-hydrogen) atoms. The Hall–Kier alpha value is -0.850. The molecule has 0 atom stereocenters. The molecule has 0 aromatic heterocycles. The topological polar surface area (TPSA) is 74.0 Å². The highest BCUT2D eigenvalue weighted by Crippen LogP contribution is 2.17. The van der Waals surface area contributed by atoms with Crippen molar-refractivity contribution in [2.45, 2.75) is 64.6 Å². The van der Waals surface area contributed by atoms with Gasteiger partial charge >= 0.3 is 6.09 Å². The lowest BCUT2D eigenvalue weighted by Crippen LogP contribution is -2.43. The third-order valence-corrected chi connectivity index (χ3v) is 3.62. The number of nitrogens with two attached hydrogens (primary N) is 1. The molecule has 1 saturated heterocycles. The van der Waals surface area contributed by atoms with Crippen LogP contribution < -0.4 is 5.73 Å². The zero-order valence-corrected chi connectivity index (χ0v) is 15.0. The Morgan fingerprint density at radius 1 is 1.09 bits per heavy atom. The number of carbonyl (C=O) groups is 1. The molecule has 0 aromatic rings. The third-order valence-electron chi connectivity index (χ3n) is 3.62. The van der Waals surface area contributed by atoms with E-state index in [4.69, 9.17) is 19.9 Å². The molecule has 6 nitrogen and oxygen atoms in total. The summed E-state index contributed by atoms with van der Waals surface area (Å²) < 4.78 is 16.7. The molecule has 1 fully saturated rings. The molecular weight excluding hydrogens is 296 g/mol. The smallest absolute Gasteiger partial charge is 0.410 e. The van der Waals surface area contributed by atoms with Crippen LogP contribution in [-0.4, -0.2) is 62.2 Å². The Kier molecular flexibility index (Phi) is 9.52. The summed E-state index contributed by atoms with van der Waals surface area (Å²) in [6.45, 7) is 10.1. The molecule has 2 N–H and O–H groups in total. The number of hydrogen-bond acceptors (Lipinski definition) is 5. The van der Waals surface area contributed by atoms with Crippen molar-refractivity contribution in [2.24, 2.45) is 5.73 Å². The monoisotopic (exact) mass is 330 g/mol. The summed E-state index contributed by atoms with van der Waals surface area (Å²) >= 11 is 0. The predicted molar refractivity (Wildman–Crippen MR) is 90.5 cm³/mol. The number of amides is 1. The van der Waals surface area contributed by atoms with Gasteiger partial charge in [-0.3, -0.25) is 0 Å². The van der Waals surface area contributed by atoms with Crippen LogP contribution in [0.25, 0.3) is 0 Å². The summed E-state index contributed by atoms with van der Waals surface area (Å²) in [5.41, 5.74) is 4.97. The minimum Gasteiger partial charge on any atom is -0.444 e. The van der Waals surface area contributed by atoms with E-state index in [2.05, 4.69) is 0 Å². The van der Waals surface area contributed by atoms with E-state index in [1.165, 1.54) is 0 Å². The van der Waals surface area contributed by atoms with Gasteiger partial charge in [-0.25, -0.2) is 4.79 Å². The molecule has 0 aromatic carbocycles. The Morgan fingerprint density at radius 3 is 2.30 bits per heavy atom. The maximum absolute atomic E-state index is 12.0. The van der Waals surface area contributed by atoms with Gasteiger partial charge in [0.1, 0.15) is 5.60 Å². The molecule has 136 valence electrons. The third kappa shape index (κ3) is 9.79. The first kappa shape index (κ1) is 20.2. The van der Waals surface area contributed by atoms with Gasteiger partial charge in [-0.2, -0.15) is 0 Å². The molecule has 1 heterocycles. The molecule has 0 spiro atoms. The molecule has 0 aliphatic carbocycles. The fourth-order valence-electron chi connectivity index (χ4n) is 2.38. The highest BCUT2D eigenvalue weighted by molar-refractivity contribution is 5.68. The Balaban J connectivity index is 2.03. The number of piperidine rings is 1. The van der Waals surface area contributed by atoms with Crippen molar-refractivity contribution < 1.29 is 19.0 Å². The van der Waals surface area contributed by atoms with Crippen molar-refractivity contribution in [3.05, 3.63) is 0 Å². The number of likely N-dealkylation sites (tertiary alicyclic amines) is 1. The van der Waals surface area contributed by atoms with E-state index in [1.807, 2.05) is 20.8 Å². The second-order valence-corrected chi connectivity index (χ2v) is 7.00. The average Bonchev–Trinajstić information content (AvgIpc) is 2.49. The first-order chi connectivity index (χ1) is 10.9. The van der Waals surface area contributed by atoms with Crippen LogP contribution in [0.3, 0.4) is 0 Å². The van der Waals surface area contributed by atoms with Crippen LogP contribution in [0, 0.1) is 0 Å². The quantitative estimate of drug-likeness (QED) is 0.658. The minimum absolute atomic E-state index is 0.217. The summed E-state index contributed by atoms with van der Waals surface area (Å²) in [7, 11) is 0. The standard InChI is InChI=1S/C17H34N2O4/c1-17(2,3)23-16(20)19-10-7-15(8-11-19)22-14-5-4-12-21-13-6-9-18/h15H,4-14,18H2,1-3H3. The highest BCUT2D eigenvalue weighted by atomic mass is 16.6. The summed E-state index contributed by atoms with van der Waals surface area (Å²) in [6.07, 6.45) is 4.75. The summed E-state index contributed by atoms with van der Waals surface area (Å²) in [4.78, 5) is 13.7. The van der Waals surface area contributed by atoms with Crippen LogP contribution in [0.2, 0.25) is 0 Å². The molecule has 6 heteroatoms. The van der Waals surface area contributed by atoms with Crippen LogP contribution >= 0.6 is 0 Å². The van der Waals surface area contributed by atoms with E-state index < -0.39 is 5.60 Å². The van der Waals surface area contributed by atoms with Gasteiger partial charge in [-0.05, 0) is 59.4 Å². The van der Waals surface area contributed by atoms with Crippen molar-refractivity contribution >= 4 is 6.09 Å². The molecule has 1 aliphatic rings. The van der Waals surface area contributed by atoms with E-state index in [-0.39, 0.29) is 12.2 Å². The average molecular weight is 330 g/mol. The number of carbonyl (C=O) groups excluding carboxylic acids is 1. The van der Waals surface area contributed by atoms with Crippen LogP contribution in [-0.2, 0) is 14.2 Å². The molecule has 0 radical (unpaired) electrons. The van der Waals surface area contributed by atoms with Gasteiger partial charge in [0.15, 0.2) is 0 Å². The zero-order valence-electron chi connectivity index (χ0n) is 15.0. The fraction of sp³-hybridized carbons (Fsp3) is 0.941. The SMILES string of the molecule is CC(C)(C)OC(=O)N1CCC(OCCCCOCCCN)CC1. The van der Waals surface area contributed by atoms with Crippen LogP contribution in [0.4, 0.5) is 4.79 Å². The second-order valence-electron chi connectivity index (χ2n) is 7.00. The van der Waals surface area contributed by atoms with Gasteiger partial charge in [-0.15, -0.1) is 0 Å². The number of rotatable bonds is 9. The Morgan fingerprint density at radius 2 is 1.70 bits per heavy atom. The first-order valence-electron chi connectivity index (χ1n) is 8.79. The number of unbranched alkanes of at least 4 members (excludes halogenated alkanes) is 1. The second kappa shape index (κ2) is 10.8. The van der Waals surface area contributed by atoms with Crippen molar-refractivity contribution in [3.63, 3.8) is 0 Å². The van der Waals surface area contributed by atoms with Gasteiger partial charge in [-0.1, -0.05) is 0 Å². The first-order valence-corrected chi connectivity index (χ1v) is 8.79. The lowest BCUT2D eigenvalue weighted by molar-refractivity contribution is -0.0132. The van der Waals surface area contributed by atoms with Gasteiger partial charge in [0.05, 0.1) is 6.10 Å². The predicted octanol–water partition coefficient (Wildman–Crippen LogP) is 2.55. The van der Waals surface area contributed by atoms with E-state index in [9.17, 15) is 4.79 Å². The molecule has 0 saturated carbocycles. The summed E-state index contributed by atoms with van der Waals surface area (Å²) in [5, 5.41) is 0. The van der Waals surface area contributed by atoms with Crippen LogP contribution in [0.1, 0.15) is 52.9 Å². The Bertz CT molecular complexity index is 323. The number of hydrogen-bond donors (Lipinski definition) is 1. The number of nitrogens with zero attached hydrogens (tertiary/aromatic N) is 1. The van der Waals surface area contributed by atoms with Gasteiger partial charge in [0, 0.05) is 32.9 Å². The molecule has 0 unspecified atom stereocenters. The molecule has 0 bridgehead atoms. The van der Waals surface area contributed by atoms with Gasteiger partial charge in [0.25, 0.3) is 0 Å². The van der Waals surface area contributed by atoms with Crippen LogP contribution in [0.15, 0.2) is 0 Å². The molecule has 1 rings (SSSR count).